The lowest BCUT2D eigenvalue weighted by atomic mass is 10.2. The number of pyridine rings is 1. The molecule has 0 fully saturated rings. The van der Waals surface area contributed by atoms with Gasteiger partial charge in [-0.25, -0.2) is 9.61 Å². The van der Waals surface area contributed by atoms with E-state index in [1.165, 1.54) is 0 Å². The minimum absolute atomic E-state index is 0. The summed E-state index contributed by atoms with van der Waals surface area (Å²) in [5.41, 5.74) is 8.76. The maximum absolute atomic E-state index is 5.88. The average Bonchev–Trinajstić information content (AvgIpc) is 3.25. The van der Waals surface area contributed by atoms with Crippen LogP contribution in [0, 0.1) is 0 Å². The minimum Gasteiger partial charge on any atom is -0.492 e. The van der Waals surface area contributed by atoms with Gasteiger partial charge >= 0.3 is 0 Å². The number of halogens is 1. The number of benzene rings is 1. The van der Waals surface area contributed by atoms with Gasteiger partial charge in [0.25, 0.3) is 0 Å². The van der Waals surface area contributed by atoms with Crippen LogP contribution in [0.3, 0.4) is 0 Å². The van der Waals surface area contributed by atoms with E-state index < -0.39 is 0 Å². The molecule has 0 aliphatic rings. The van der Waals surface area contributed by atoms with Crippen molar-refractivity contribution in [2.24, 2.45) is 0 Å². The Morgan fingerprint density at radius 1 is 1.14 bits per heavy atom. The third kappa shape index (κ3) is 3.75. The lowest BCUT2D eigenvalue weighted by Crippen LogP contribution is -2.19. The molecule has 2 N–H and O–H groups in total. The van der Waals surface area contributed by atoms with Gasteiger partial charge in [-0.2, -0.15) is 0 Å². The van der Waals surface area contributed by atoms with E-state index in [2.05, 4.69) is 25.2 Å². The lowest BCUT2D eigenvalue weighted by molar-refractivity contribution is 0.261. The molecule has 10 heteroatoms. The predicted octanol–water partition coefficient (Wildman–Crippen LogP) is 2.41. The highest BCUT2D eigenvalue weighted by Crippen LogP contribution is 2.30. The first-order chi connectivity index (χ1) is 13.1. The molecule has 3 aromatic heterocycles. The van der Waals surface area contributed by atoms with Crippen molar-refractivity contribution in [2.45, 2.75) is 0 Å². The Morgan fingerprint density at radius 2 is 1.93 bits per heavy atom. The smallest absolute Gasteiger partial charge is 0.199 e. The number of anilines is 1. The van der Waals surface area contributed by atoms with Gasteiger partial charge in [-0.05, 0) is 54.7 Å². The number of ether oxygens (including phenoxy) is 1. The molecule has 0 unspecified atom stereocenters. The van der Waals surface area contributed by atoms with Crippen molar-refractivity contribution in [3.63, 3.8) is 0 Å². The highest BCUT2D eigenvalue weighted by atomic mass is 35.5. The first-order valence-electron chi connectivity index (χ1n) is 8.42. The van der Waals surface area contributed by atoms with Crippen molar-refractivity contribution in [2.75, 3.05) is 33.0 Å². The average molecular weight is 402 g/mol. The molecule has 4 rings (SSSR count). The molecule has 0 aliphatic carbocycles. The van der Waals surface area contributed by atoms with Gasteiger partial charge in [0.2, 0.25) is 0 Å². The van der Waals surface area contributed by atoms with E-state index in [9.17, 15) is 0 Å². The molecule has 0 radical (unpaired) electrons. The Hall–Kier alpha value is -3.17. The molecule has 0 amide bonds. The van der Waals surface area contributed by atoms with Gasteiger partial charge in [-0.15, -0.1) is 12.4 Å². The van der Waals surface area contributed by atoms with Gasteiger partial charge in [0.05, 0.1) is 11.7 Å². The van der Waals surface area contributed by atoms with Gasteiger partial charge in [0.1, 0.15) is 17.9 Å². The fourth-order valence-electron chi connectivity index (χ4n) is 2.74. The van der Waals surface area contributed by atoms with E-state index in [1.807, 2.05) is 49.0 Å². The standard InChI is InChI=1S/C18H19N7O2.ClH/c1-24(2)9-10-26-13-5-3-12(4-6-13)25-15-7-8-20-11-14(15)21-18(25)16-17(19)23-27-22-16;/h3-8,11H,9-10H2,1-2H3,(H2,19,23);1H. The van der Waals surface area contributed by atoms with Gasteiger partial charge < -0.3 is 15.4 Å². The van der Waals surface area contributed by atoms with Crippen molar-refractivity contribution < 1.29 is 9.37 Å². The number of rotatable bonds is 6. The molecule has 28 heavy (non-hydrogen) atoms. The molecular weight excluding hydrogens is 382 g/mol. The summed E-state index contributed by atoms with van der Waals surface area (Å²) in [5, 5.41) is 7.56. The highest BCUT2D eigenvalue weighted by Gasteiger charge is 2.20. The largest absolute Gasteiger partial charge is 0.492 e. The number of likely N-dealkylation sites (N-methyl/N-ethyl adjacent to an activating group) is 1. The molecule has 146 valence electrons. The van der Waals surface area contributed by atoms with Crippen molar-refractivity contribution in [3.05, 3.63) is 42.7 Å². The topological polar surface area (TPSA) is 108 Å². The van der Waals surface area contributed by atoms with Crippen LogP contribution in [-0.2, 0) is 0 Å². The van der Waals surface area contributed by atoms with E-state index in [0.29, 0.717) is 18.1 Å². The molecule has 1 aromatic carbocycles. The maximum Gasteiger partial charge on any atom is 0.199 e. The third-order valence-electron chi connectivity index (χ3n) is 4.08. The van der Waals surface area contributed by atoms with Crippen LogP contribution in [0.25, 0.3) is 28.2 Å². The fraction of sp³-hybridized carbons (Fsp3) is 0.222. The molecule has 0 bridgehead atoms. The SMILES string of the molecule is CN(C)CCOc1ccc(-n2c(-c3nonc3N)nc3cnccc32)cc1.Cl. The molecule has 9 nitrogen and oxygen atoms in total. The van der Waals surface area contributed by atoms with Crippen LogP contribution < -0.4 is 10.5 Å². The molecule has 0 spiro atoms. The molecule has 0 saturated carbocycles. The number of nitrogens with two attached hydrogens (primary N) is 1. The van der Waals surface area contributed by atoms with Gasteiger partial charge in [-0.3, -0.25) is 9.55 Å². The summed E-state index contributed by atoms with van der Waals surface area (Å²) < 4.78 is 12.5. The summed E-state index contributed by atoms with van der Waals surface area (Å²) >= 11 is 0. The quantitative estimate of drug-likeness (QED) is 0.524. The monoisotopic (exact) mass is 401 g/mol. The van der Waals surface area contributed by atoms with Crippen molar-refractivity contribution in [3.8, 4) is 23.0 Å². The van der Waals surface area contributed by atoms with Crippen LogP contribution >= 0.6 is 12.4 Å². The summed E-state index contributed by atoms with van der Waals surface area (Å²) in [6.45, 7) is 1.47. The molecule has 3 heterocycles. The Kier molecular flexibility index (Phi) is 5.76. The molecule has 4 aromatic rings. The first-order valence-corrected chi connectivity index (χ1v) is 8.42. The Bertz CT molecular complexity index is 1060. The predicted molar refractivity (Wildman–Crippen MR) is 108 cm³/mol. The zero-order valence-corrected chi connectivity index (χ0v) is 16.3. The summed E-state index contributed by atoms with van der Waals surface area (Å²) in [7, 11) is 4.02. The molecule has 0 aliphatic heterocycles. The minimum atomic E-state index is 0. The number of imidazole rings is 1. The number of fused-ring (bicyclic) bond motifs is 1. The Balaban J connectivity index is 0.00000225. The van der Waals surface area contributed by atoms with Crippen molar-refractivity contribution in [1.82, 2.24) is 29.7 Å². The molecule has 0 atom stereocenters. The van der Waals surface area contributed by atoms with E-state index >= 15 is 0 Å². The number of aromatic nitrogens is 5. The third-order valence-corrected chi connectivity index (χ3v) is 4.08. The Morgan fingerprint density at radius 3 is 2.61 bits per heavy atom. The fourth-order valence-corrected chi connectivity index (χ4v) is 2.74. The Labute approximate surface area is 167 Å². The second-order valence-corrected chi connectivity index (χ2v) is 6.28. The van der Waals surface area contributed by atoms with E-state index in [0.717, 1.165) is 29.0 Å². The van der Waals surface area contributed by atoms with E-state index in [-0.39, 0.29) is 18.2 Å². The second kappa shape index (κ2) is 8.24. The second-order valence-electron chi connectivity index (χ2n) is 6.28. The summed E-state index contributed by atoms with van der Waals surface area (Å²) in [6.07, 6.45) is 3.41. The van der Waals surface area contributed by atoms with Gasteiger partial charge in [0, 0.05) is 18.4 Å². The van der Waals surface area contributed by atoms with Crippen LogP contribution in [0.1, 0.15) is 0 Å². The van der Waals surface area contributed by atoms with Crippen molar-refractivity contribution in [1.29, 1.82) is 0 Å². The number of nitrogen functional groups attached to an aromatic ring is 1. The van der Waals surface area contributed by atoms with E-state index in [1.54, 1.807) is 12.4 Å². The van der Waals surface area contributed by atoms with E-state index in [4.69, 9.17) is 15.1 Å². The number of nitrogens with zero attached hydrogens (tertiary/aromatic N) is 6. The lowest BCUT2D eigenvalue weighted by Gasteiger charge is -2.12. The maximum atomic E-state index is 5.88. The zero-order valence-electron chi connectivity index (χ0n) is 15.4. The normalized spacial score (nSPS) is 11.0. The zero-order chi connectivity index (χ0) is 18.8. The van der Waals surface area contributed by atoms with Crippen LogP contribution in [-0.4, -0.2) is 57.0 Å². The van der Waals surface area contributed by atoms with Crippen LogP contribution in [0.2, 0.25) is 0 Å². The van der Waals surface area contributed by atoms with Crippen LogP contribution in [0.5, 0.6) is 5.75 Å². The van der Waals surface area contributed by atoms with Crippen LogP contribution in [0.15, 0.2) is 47.4 Å². The summed E-state index contributed by atoms with van der Waals surface area (Å²) in [4.78, 5) is 10.8. The number of hydrogen-bond donors (Lipinski definition) is 1. The molecule has 0 saturated heterocycles. The van der Waals surface area contributed by atoms with Gasteiger partial charge in [-0.1, -0.05) is 0 Å². The first kappa shape index (κ1) is 19.6. The summed E-state index contributed by atoms with van der Waals surface area (Å²) in [5.74, 6) is 1.53. The number of hydrogen-bond acceptors (Lipinski definition) is 8. The van der Waals surface area contributed by atoms with Crippen molar-refractivity contribution >= 4 is 29.3 Å². The van der Waals surface area contributed by atoms with Gasteiger partial charge in [0.15, 0.2) is 17.3 Å². The highest BCUT2D eigenvalue weighted by molar-refractivity contribution is 5.85. The summed E-state index contributed by atoms with van der Waals surface area (Å²) in [6, 6.07) is 9.65. The van der Waals surface area contributed by atoms with Crippen LogP contribution in [0.4, 0.5) is 5.82 Å². The molecular formula is C18H20ClN7O2.